The molecule has 0 aliphatic rings. The second-order valence-corrected chi connectivity index (χ2v) is 7.03. The first-order valence-electron chi connectivity index (χ1n) is 8.99. The van der Waals surface area contributed by atoms with E-state index in [9.17, 15) is 8.78 Å². The molecule has 0 aliphatic heterocycles. The highest BCUT2D eigenvalue weighted by atomic mass is 19.1. The maximum absolute atomic E-state index is 14.1. The Morgan fingerprint density at radius 2 is 1.53 bits per heavy atom. The number of nitriles is 1. The van der Waals surface area contributed by atoms with Crippen molar-refractivity contribution in [2.75, 3.05) is 0 Å². The third-order valence-corrected chi connectivity index (χ3v) is 4.70. The number of halogens is 2. The van der Waals surface area contributed by atoms with E-state index in [0.29, 0.717) is 28.6 Å². The van der Waals surface area contributed by atoms with Gasteiger partial charge in [-0.1, -0.05) is 12.1 Å². The summed E-state index contributed by atoms with van der Waals surface area (Å²) in [6.45, 7) is 3.87. The number of nitrogens with zero attached hydrogens (tertiary/aromatic N) is 6. The molecule has 0 amide bonds. The highest BCUT2D eigenvalue weighted by Crippen LogP contribution is 2.31. The summed E-state index contributed by atoms with van der Waals surface area (Å²) >= 11 is 0. The molecular formula is C21H15F2N7. The van der Waals surface area contributed by atoms with E-state index in [-0.39, 0.29) is 11.4 Å². The lowest BCUT2D eigenvalue weighted by atomic mass is 9.84. The van der Waals surface area contributed by atoms with Crippen molar-refractivity contribution >= 4 is 0 Å². The molecule has 0 fully saturated rings. The van der Waals surface area contributed by atoms with Crippen molar-refractivity contribution in [1.82, 2.24) is 30.1 Å². The third-order valence-electron chi connectivity index (χ3n) is 4.70. The van der Waals surface area contributed by atoms with Gasteiger partial charge in [0.05, 0.1) is 22.6 Å². The van der Waals surface area contributed by atoms with Crippen LogP contribution in [0.2, 0.25) is 0 Å². The first-order valence-corrected chi connectivity index (χ1v) is 8.99. The molecule has 0 saturated carbocycles. The standard InChI is InChI=1S/C21H15F2N7/c1-21(2,16-8-4-6-14(26-16)20-28-18(11-24)29-30-20)15-7-3-5-13(25-15)12-9-10-17(22)27-19(12)23/h3-10H,1-2H3,(H,28,29,30). The van der Waals surface area contributed by atoms with Crippen molar-refractivity contribution in [1.29, 1.82) is 5.26 Å². The number of H-pyrrole nitrogens is 1. The summed E-state index contributed by atoms with van der Waals surface area (Å²) in [4.78, 5) is 16.5. The van der Waals surface area contributed by atoms with Crippen LogP contribution >= 0.6 is 0 Å². The topological polar surface area (TPSA) is 104 Å². The number of hydrogen-bond acceptors (Lipinski definition) is 6. The summed E-state index contributed by atoms with van der Waals surface area (Å²) in [6.07, 6.45) is 0. The fraction of sp³-hybridized carbons (Fsp3) is 0.143. The van der Waals surface area contributed by atoms with Crippen molar-refractivity contribution in [2.45, 2.75) is 19.3 Å². The Labute approximate surface area is 170 Å². The molecule has 4 aromatic rings. The zero-order valence-corrected chi connectivity index (χ0v) is 16.1. The van der Waals surface area contributed by atoms with Crippen LogP contribution in [-0.4, -0.2) is 30.1 Å². The molecule has 9 heteroatoms. The maximum atomic E-state index is 14.1. The summed E-state index contributed by atoms with van der Waals surface area (Å²) < 4.78 is 27.3. The molecule has 1 N–H and O–H groups in total. The second-order valence-electron chi connectivity index (χ2n) is 7.03. The molecule has 4 rings (SSSR count). The highest BCUT2D eigenvalue weighted by Gasteiger charge is 2.27. The van der Waals surface area contributed by atoms with Gasteiger partial charge >= 0.3 is 0 Å². The van der Waals surface area contributed by atoms with Gasteiger partial charge in [0.2, 0.25) is 11.9 Å². The van der Waals surface area contributed by atoms with Gasteiger partial charge in [-0.05, 0) is 50.2 Å². The number of nitrogens with one attached hydrogen (secondary N) is 1. The predicted molar refractivity (Wildman–Crippen MR) is 104 cm³/mol. The van der Waals surface area contributed by atoms with Crippen LogP contribution in [0.1, 0.15) is 31.1 Å². The molecule has 30 heavy (non-hydrogen) atoms. The van der Waals surface area contributed by atoms with Crippen LogP contribution in [0.25, 0.3) is 22.8 Å². The summed E-state index contributed by atoms with van der Waals surface area (Å²) in [5.74, 6) is -1.40. The molecule has 0 aromatic carbocycles. The van der Waals surface area contributed by atoms with Gasteiger partial charge in [0.15, 0.2) is 5.82 Å². The van der Waals surface area contributed by atoms with E-state index in [1.54, 1.807) is 18.2 Å². The Hall–Kier alpha value is -4.06. The molecule has 4 aromatic heterocycles. The van der Waals surface area contributed by atoms with Crippen molar-refractivity contribution in [3.63, 3.8) is 0 Å². The van der Waals surface area contributed by atoms with Crippen molar-refractivity contribution in [3.8, 4) is 28.8 Å². The average Bonchev–Trinajstić information content (AvgIpc) is 3.23. The van der Waals surface area contributed by atoms with Gasteiger partial charge in [0.1, 0.15) is 11.8 Å². The molecule has 0 saturated heterocycles. The normalized spacial score (nSPS) is 11.3. The number of pyridine rings is 3. The third kappa shape index (κ3) is 3.51. The molecule has 0 aliphatic carbocycles. The molecule has 0 bridgehead atoms. The fourth-order valence-electron chi connectivity index (χ4n) is 3.01. The minimum absolute atomic E-state index is 0.0285. The summed E-state index contributed by atoms with van der Waals surface area (Å²) in [7, 11) is 0. The molecule has 7 nitrogen and oxygen atoms in total. The number of aromatic amines is 1. The number of hydrogen-bond donors (Lipinski definition) is 1. The zero-order chi connectivity index (χ0) is 21.3. The Morgan fingerprint density at radius 3 is 2.17 bits per heavy atom. The van der Waals surface area contributed by atoms with Crippen molar-refractivity contribution in [3.05, 3.63) is 77.6 Å². The Balaban J connectivity index is 1.74. The van der Waals surface area contributed by atoms with Crippen molar-refractivity contribution < 1.29 is 8.78 Å². The van der Waals surface area contributed by atoms with Gasteiger partial charge in [-0.3, -0.25) is 10.1 Å². The fourth-order valence-corrected chi connectivity index (χ4v) is 3.01. The summed E-state index contributed by atoms with van der Waals surface area (Å²) in [5, 5.41) is 15.4. The largest absolute Gasteiger partial charge is 0.257 e. The van der Waals surface area contributed by atoms with Crippen LogP contribution in [0.3, 0.4) is 0 Å². The number of aromatic nitrogens is 6. The SMILES string of the molecule is CC(C)(c1cccc(-c2nc(C#N)n[nH]2)n1)c1cccc(-c2ccc(F)nc2F)n1. The second kappa shape index (κ2) is 7.40. The quantitative estimate of drug-likeness (QED) is 0.520. The molecule has 0 atom stereocenters. The minimum atomic E-state index is -0.920. The van der Waals surface area contributed by atoms with Gasteiger partial charge in [0.25, 0.3) is 5.82 Å². The molecule has 0 radical (unpaired) electrons. The van der Waals surface area contributed by atoms with E-state index < -0.39 is 17.3 Å². The van der Waals surface area contributed by atoms with E-state index >= 15 is 0 Å². The average molecular weight is 403 g/mol. The first kappa shape index (κ1) is 19.3. The van der Waals surface area contributed by atoms with Crippen LogP contribution < -0.4 is 0 Å². The van der Waals surface area contributed by atoms with Crippen LogP contribution in [0.4, 0.5) is 8.78 Å². The van der Waals surface area contributed by atoms with E-state index in [0.717, 1.165) is 6.07 Å². The maximum Gasteiger partial charge on any atom is 0.252 e. The van der Waals surface area contributed by atoms with Crippen LogP contribution in [-0.2, 0) is 5.41 Å². The summed E-state index contributed by atoms with van der Waals surface area (Å²) in [5.41, 5.74) is 1.67. The Kier molecular flexibility index (Phi) is 4.75. The van der Waals surface area contributed by atoms with Crippen LogP contribution in [0.5, 0.6) is 0 Å². The lowest BCUT2D eigenvalue weighted by Gasteiger charge is -2.24. The van der Waals surface area contributed by atoms with E-state index in [2.05, 4.69) is 30.1 Å². The van der Waals surface area contributed by atoms with E-state index in [1.807, 2.05) is 38.1 Å². The zero-order valence-electron chi connectivity index (χ0n) is 16.1. The lowest BCUT2D eigenvalue weighted by Crippen LogP contribution is -2.22. The predicted octanol–water partition coefficient (Wildman–Crippen LogP) is 3.80. The van der Waals surface area contributed by atoms with E-state index in [1.165, 1.54) is 6.07 Å². The monoisotopic (exact) mass is 403 g/mol. The smallest absolute Gasteiger partial charge is 0.252 e. The van der Waals surface area contributed by atoms with Gasteiger partial charge in [0, 0.05) is 5.41 Å². The Morgan fingerprint density at radius 1 is 0.867 bits per heavy atom. The van der Waals surface area contributed by atoms with Gasteiger partial charge in [-0.2, -0.15) is 24.0 Å². The Bertz CT molecular complexity index is 1270. The highest BCUT2D eigenvalue weighted by molar-refractivity contribution is 5.59. The molecule has 148 valence electrons. The van der Waals surface area contributed by atoms with E-state index in [4.69, 9.17) is 5.26 Å². The van der Waals surface area contributed by atoms with Crippen molar-refractivity contribution in [2.24, 2.45) is 0 Å². The summed E-state index contributed by atoms with van der Waals surface area (Å²) in [6, 6.07) is 14.9. The molecule has 4 heterocycles. The molecular weight excluding hydrogens is 388 g/mol. The number of rotatable bonds is 4. The van der Waals surface area contributed by atoms with Gasteiger partial charge in [-0.15, -0.1) is 5.10 Å². The lowest BCUT2D eigenvalue weighted by molar-refractivity contribution is 0.514. The minimum Gasteiger partial charge on any atom is -0.257 e. The molecule has 0 unspecified atom stereocenters. The first-order chi connectivity index (χ1) is 14.4. The van der Waals surface area contributed by atoms with Gasteiger partial charge < -0.3 is 0 Å². The molecule has 0 spiro atoms. The van der Waals surface area contributed by atoms with Crippen LogP contribution in [0, 0.1) is 23.2 Å². The van der Waals surface area contributed by atoms with Crippen LogP contribution in [0.15, 0.2) is 48.5 Å². The van der Waals surface area contributed by atoms with Gasteiger partial charge in [-0.25, -0.2) is 4.98 Å².